The Morgan fingerprint density at radius 1 is 1.25 bits per heavy atom. The Morgan fingerprint density at radius 2 is 1.96 bits per heavy atom. The number of carboxylic acids is 1. The fourth-order valence-corrected chi connectivity index (χ4v) is 5.16. The first kappa shape index (κ1) is 18.8. The Hall–Kier alpha value is -1.54. The van der Waals surface area contributed by atoms with E-state index in [1.807, 2.05) is 6.07 Å². The number of benzene rings is 1. The van der Waals surface area contributed by atoms with Crippen LogP contribution < -0.4 is 5.32 Å². The molecule has 0 spiro atoms. The van der Waals surface area contributed by atoms with Crippen LogP contribution in [0, 0.1) is 0 Å². The van der Waals surface area contributed by atoms with Crippen LogP contribution in [-0.4, -0.2) is 42.2 Å². The number of nitrogens with one attached hydrogen (secondary N) is 1. The molecule has 2 N–H and O–H groups in total. The maximum Gasteiger partial charge on any atom is 0.313 e. The first-order chi connectivity index (χ1) is 11.4. The average Bonchev–Trinajstić information content (AvgIpc) is 3.01. The Balaban J connectivity index is 1.90. The smallest absolute Gasteiger partial charge is 0.313 e. The van der Waals surface area contributed by atoms with Gasteiger partial charge in [0.1, 0.15) is 5.75 Å². The van der Waals surface area contributed by atoms with Crippen molar-refractivity contribution in [2.45, 2.75) is 36.7 Å². The number of anilines is 1. The molecular weight excluding hydrogens is 350 g/mol. The van der Waals surface area contributed by atoms with Crippen molar-refractivity contribution < 1.29 is 23.1 Å². The second kappa shape index (κ2) is 8.53. The highest BCUT2D eigenvalue weighted by Gasteiger charge is 2.30. The minimum Gasteiger partial charge on any atom is -0.481 e. The third-order valence-electron chi connectivity index (χ3n) is 3.85. The summed E-state index contributed by atoms with van der Waals surface area (Å²) in [7, 11) is -3.39. The third kappa shape index (κ3) is 5.83. The van der Waals surface area contributed by atoms with Gasteiger partial charge in [-0.05, 0) is 30.5 Å². The first-order valence-electron chi connectivity index (χ1n) is 7.77. The molecule has 1 aliphatic carbocycles. The fraction of sp³-hybridized carbons (Fsp3) is 0.500. The lowest BCUT2D eigenvalue weighted by molar-refractivity contribution is -0.133. The molecule has 1 amide bonds. The van der Waals surface area contributed by atoms with Gasteiger partial charge in [0.2, 0.25) is 5.91 Å². The number of hydrogen-bond acceptors (Lipinski definition) is 5. The van der Waals surface area contributed by atoms with E-state index in [0.29, 0.717) is 24.3 Å². The maximum atomic E-state index is 12.2. The number of hydrogen-bond donors (Lipinski definition) is 2. The van der Waals surface area contributed by atoms with Crippen LogP contribution in [-0.2, 0) is 25.2 Å². The van der Waals surface area contributed by atoms with E-state index in [1.165, 1.54) is 11.8 Å². The SMILES string of the molecule is O=C(O)CSCc1cccc(NC(=O)CS(=O)(=O)C2CCCC2)c1. The lowest BCUT2D eigenvalue weighted by Gasteiger charge is -2.11. The molecule has 0 saturated heterocycles. The topological polar surface area (TPSA) is 101 Å². The molecule has 0 radical (unpaired) electrons. The van der Waals surface area contributed by atoms with Gasteiger partial charge in [0.25, 0.3) is 0 Å². The molecule has 0 heterocycles. The largest absolute Gasteiger partial charge is 0.481 e. The van der Waals surface area contributed by atoms with Crippen molar-refractivity contribution >= 4 is 39.2 Å². The third-order valence-corrected chi connectivity index (χ3v) is 6.99. The van der Waals surface area contributed by atoms with Crippen molar-refractivity contribution in [2.24, 2.45) is 0 Å². The summed E-state index contributed by atoms with van der Waals surface area (Å²) in [6.07, 6.45) is 3.10. The summed E-state index contributed by atoms with van der Waals surface area (Å²) in [5.74, 6) is -1.37. The summed E-state index contributed by atoms with van der Waals surface area (Å²) in [5.41, 5.74) is 1.40. The van der Waals surface area contributed by atoms with E-state index < -0.39 is 27.5 Å². The molecule has 0 unspecified atom stereocenters. The minimum atomic E-state index is -3.39. The molecule has 0 atom stereocenters. The Bertz CT molecular complexity index is 696. The van der Waals surface area contributed by atoms with E-state index in [1.54, 1.807) is 18.2 Å². The van der Waals surface area contributed by atoms with Crippen LogP contribution in [0.4, 0.5) is 5.69 Å². The summed E-state index contributed by atoms with van der Waals surface area (Å²) in [5, 5.41) is 10.9. The zero-order valence-electron chi connectivity index (χ0n) is 13.2. The van der Waals surface area contributed by atoms with Gasteiger partial charge in [-0.1, -0.05) is 25.0 Å². The number of thioether (sulfide) groups is 1. The van der Waals surface area contributed by atoms with Crippen LogP contribution in [0.3, 0.4) is 0 Å². The molecule has 0 bridgehead atoms. The predicted molar refractivity (Wildman–Crippen MR) is 94.9 cm³/mol. The first-order valence-corrected chi connectivity index (χ1v) is 10.6. The average molecular weight is 371 g/mol. The zero-order chi connectivity index (χ0) is 17.6. The summed E-state index contributed by atoms with van der Waals surface area (Å²) < 4.78 is 24.4. The number of carbonyl (C=O) groups excluding carboxylic acids is 1. The van der Waals surface area contributed by atoms with E-state index in [9.17, 15) is 18.0 Å². The van der Waals surface area contributed by atoms with Crippen LogP contribution in [0.5, 0.6) is 0 Å². The molecule has 2 rings (SSSR count). The van der Waals surface area contributed by atoms with Crippen molar-refractivity contribution in [3.63, 3.8) is 0 Å². The van der Waals surface area contributed by atoms with Gasteiger partial charge >= 0.3 is 5.97 Å². The lowest BCUT2D eigenvalue weighted by atomic mass is 10.2. The summed E-state index contributed by atoms with van der Waals surface area (Å²) in [6.45, 7) is 0. The summed E-state index contributed by atoms with van der Waals surface area (Å²) in [4.78, 5) is 22.5. The lowest BCUT2D eigenvalue weighted by Crippen LogP contribution is -2.29. The highest BCUT2D eigenvalue weighted by molar-refractivity contribution is 7.99. The van der Waals surface area contributed by atoms with Gasteiger partial charge in [-0.15, -0.1) is 11.8 Å². The molecule has 1 fully saturated rings. The van der Waals surface area contributed by atoms with Crippen molar-refractivity contribution in [3.8, 4) is 0 Å². The number of aliphatic carboxylic acids is 1. The molecule has 0 aliphatic heterocycles. The Morgan fingerprint density at radius 3 is 2.62 bits per heavy atom. The molecule has 1 aromatic rings. The Kier molecular flexibility index (Phi) is 6.68. The second-order valence-corrected chi connectivity index (χ2v) is 9.12. The Labute approximate surface area is 145 Å². The molecule has 1 aliphatic rings. The standard InChI is InChI=1S/C16H21NO5S2/c18-15(11-24(21,22)14-6-1-2-7-14)17-13-5-3-4-12(8-13)9-23-10-16(19)20/h3-5,8,14H,1-2,6-7,9-11H2,(H,17,18)(H,19,20). The van der Waals surface area contributed by atoms with Gasteiger partial charge in [-0.3, -0.25) is 9.59 Å². The van der Waals surface area contributed by atoms with Gasteiger partial charge in [-0.2, -0.15) is 0 Å². The van der Waals surface area contributed by atoms with E-state index in [0.717, 1.165) is 18.4 Å². The molecule has 1 aromatic carbocycles. The highest BCUT2D eigenvalue weighted by Crippen LogP contribution is 2.25. The number of carboxylic acid groups (broad SMARTS) is 1. The van der Waals surface area contributed by atoms with Gasteiger partial charge in [0.05, 0.1) is 11.0 Å². The quantitative estimate of drug-likeness (QED) is 0.727. The second-order valence-electron chi connectivity index (χ2n) is 5.85. The van der Waals surface area contributed by atoms with E-state index >= 15 is 0 Å². The zero-order valence-corrected chi connectivity index (χ0v) is 14.9. The van der Waals surface area contributed by atoms with Crippen molar-refractivity contribution in [1.82, 2.24) is 0 Å². The monoisotopic (exact) mass is 371 g/mol. The highest BCUT2D eigenvalue weighted by atomic mass is 32.2. The number of amides is 1. The van der Waals surface area contributed by atoms with Crippen LogP contribution in [0.1, 0.15) is 31.2 Å². The van der Waals surface area contributed by atoms with Gasteiger partial charge in [0, 0.05) is 11.4 Å². The molecule has 1 saturated carbocycles. The van der Waals surface area contributed by atoms with Gasteiger partial charge < -0.3 is 10.4 Å². The van der Waals surface area contributed by atoms with Gasteiger partial charge in [-0.25, -0.2) is 8.42 Å². The molecule has 132 valence electrons. The normalized spacial score (nSPS) is 15.3. The fourth-order valence-electron chi connectivity index (χ4n) is 2.74. The molecule has 6 nitrogen and oxygen atoms in total. The van der Waals surface area contributed by atoms with E-state index in [2.05, 4.69) is 5.32 Å². The van der Waals surface area contributed by atoms with Crippen LogP contribution >= 0.6 is 11.8 Å². The van der Waals surface area contributed by atoms with Crippen LogP contribution in [0.15, 0.2) is 24.3 Å². The van der Waals surface area contributed by atoms with Crippen LogP contribution in [0.25, 0.3) is 0 Å². The predicted octanol–water partition coefficient (Wildman–Crippen LogP) is 2.30. The van der Waals surface area contributed by atoms with Crippen LogP contribution in [0.2, 0.25) is 0 Å². The van der Waals surface area contributed by atoms with E-state index in [4.69, 9.17) is 5.11 Å². The molecule has 8 heteroatoms. The van der Waals surface area contributed by atoms with Crippen molar-refractivity contribution in [1.29, 1.82) is 0 Å². The van der Waals surface area contributed by atoms with Gasteiger partial charge in [0.15, 0.2) is 9.84 Å². The summed E-state index contributed by atoms with van der Waals surface area (Å²) in [6, 6.07) is 7.00. The number of sulfone groups is 1. The minimum absolute atomic E-state index is 0.0101. The van der Waals surface area contributed by atoms with E-state index in [-0.39, 0.29) is 11.0 Å². The molecule has 24 heavy (non-hydrogen) atoms. The maximum absolute atomic E-state index is 12.2. The number of carbonyl (C=O) groups is 2. The molecule has 0 aromatic heterocycles. The van der Waals surface area contributed by atoms with Crippen molar-refractivity contribution in [2.75, 3.05) is 16.8 Å². The molecular formula is C16H21NO5S2. The van der Waals surface area contributed by atoms with Crippen molar-refractivity contribution in [3.05, 3.63) is 29.8 Å². The summed E-state index contributed by atoms with van der Waals surface area (Å²) >= 11 is 1.26. The number of rotatable bonds is 8.